The molecule has 0 saturated carbocycles. The first kappa shape index (κ1) is 19.0. The van der Waals surface area contributed by atoms with E-state index in [1.54, 1.807) is 31.3 Å². The van der Waals surface area contributed by atoms with E-state index in [2.05, 4.69) is 10.9 Å². The van der Waals surface area contributed by atoms with E-state index in [9.17, 15) is 14.4 Å². The van der Waals surface area contributed by atoms with Crippen LogP contribution in [0.15, 0.2) is 47.3 Å². The Morgan fingerprint density at radius 2 is 1.64 bits per heavy atom. The molecule has 0 aliphatic carbocycles. The number of aryl methyl sites for hydroxylation is 1. The fourth-order valence-electron chi connectivity index (χ4n) is 2.88. The van der Waals surface area contributed by atoms with Gasteiger partial charge in [0.15, 0.2) is 11.5 Å². The number of carbonyl (C=O) groups is 2. The molecule has 1 aromatic heterocycles. The molecule has 0 saturated heterocycles. The van der Waals surface area contributed by atoms with E-state index in [-0.39, 0.29) is 17.8 Å². The first-order valence-corrected chi connectivity index (χ1v) is 8.41. The Labute approximate surface area is 160 Å². The molecule has 9 nitrogen and oxygen atoms in total. The molecule has 1 heterocycles. The number of nitrogens with zero attached hydrogens (tertiary/aromatic N) is 2. The Kier molecular flexibility index (Phi) is 5.35. The molecule has 0 aliphatic rings. The summed E-state index contributed by atoms with van der Waals surface area (Å²) < 4.78 is 13.1. The minimum Gasteiger partial charge on any atom is -0.493 e. The zero-order chi connectivity index (χ0) is 20.3. The van der Waals surface area contributed by atoms with Gasteiger partial charge in [0, 0.05) is 12.6 Å². The molecule has 0 atom stereocenters. The van der Waals surface area contributed by atoms with Crippen molar-refractivity contribution in [3.05, 3.63) is 58.5 Å². The number of para-hydroxylation sites is 2. The number of aromatic nitrogens is 2. The molecule has 2 N–H and O–H groups in total. The lowest BCUT2D eigenvalue weighted by molar-refractivity contribution is -0.122. The van der Waals surface area contributed by atoms with Crippen molar-refractivity contribution in [3.63, 3.8) is 0 Å². The van der Waals surface area contributed by atoms with Gasteiger partial charge in [0.2, 0.25) is 0 Å². The number of benzene rings is 2. The number of hydrazine groups is 1. The summed E-state index contributed by atoms with van der Waals surface area (Å²) in [7, 11) is 4.59. The van der Waals surface area contributed by atoms with Gasteiger partial charge in [0.25, 0.3) is 11.8 Å². The van der Waals surface area contributed by atoms with Gasteiger partial charge in [0.1, 0.15) is 6.54 Å². The summed E-state index contributed by atoms with van der Waals surface area (Å²) >= 11 is 0. The van der Waals surface area contributed by atoms with Crippen LogP contribution in [-0.4, -0.2) is 35.2 Å². The number of hydrogen-bond donors (Lipinski definition) is 2. The van der Waals surface area contributed by atoms with Crippen LogP contribution in [0.1, 0.15) is 10.4 Å². The summed E-state index contributed by atoms with van der Waals surface area (Å²) in [6.45, 7) is -0.230. The van der Waals surface area contributed by atoms with E-state index >= 15 is 0 Å². The maximum Gasteiger partial charge on any atom is 0.329 e. The van der Waals surface area contributed by atoms with Crippen LogP contribution < -0.4 is 26.0 Å². The smallest absolute Gasteiger partial charge is 0.329 e. The van der Waals surface area contributed by atoms with Crippen LogP contribution in [0.4, 0.5) is 0 Å². The highest BCUT2D eigenvalue weighted by molar-refractivity contribution is 5.96. The molecule has 3 aromatic rings. The molecule has 0 fully saturated rings. The fourth-order valence-corrected chi connectivity index (χ4v) is 2.88. The van der Waals surface area contributed by atoms with Crippen molar-refractivity contribution in [1.82, 2.24) is 20.0 Å². The number of imidazole rings is 1. The Balaban J connectivity index is 1.69. The van der Waals surface area contributed by atoms with Crippen LogP contribution >= 0.6 is 0 Å². The Bertz CT molecular complexity index is 1100. The number of rotatable bonds is 5. The number of carbonyl (C=O) groups excluding carboxylic acids is 2. The molecule has 146 valence electrons. The van der Waals surface area contributed by atoms with Gasteiger partial charge >= 0.3 is 5.69 Å². The monoisotopic (exact) mass is 384 g/mol. The summed E-state index contributed by atoms with van der Waals surface area (Å²) in [6, 6.07) is 11.8. The number of fused-ring (bicyclic) bond motifs is 1. The fraction of sp³-hybridized carbons (Fsp3) is 0.211. The highest BCUT2D eigenvalue weighted by Gasteiger charge is 2.15. The zero-order valence-electron chi connectivity index (χ0n) is 15.7. The quantitative estimate of drug-likeness (QED) is 0.634. The minimum absolute atomic E-state index is 0.230. The highest BCUT2D eigenvalue weighted by Crippen LogP contribution is 2.27. The van der Waals surface area contributed by atoms with Crippen molar-refractivity contribution in [2.24, 2.45) is 7.05 Å². The molecule has 3 rings (SSSR count). The van der Waals surface area contributed by atoms with Gasteiger partial charge in [-0.3, -0.25) is 29.6 Å². The first-order valence-electron chi connectivity index (χ1n) is 8.41. The molecule has 9 heteroatoms. The minimum atomic E-state index is -0.535. The van der Waals surface area contributed by atoms with Gasteiger partial charge in [-0.15, -0.1) is 0 Å². The lowest BCUT2D eigenvalue weighted by atomic mass is 10.2. The third-order valence-corrected chi connectivity index (χ3v) is 4.31. The largest absolute Gasteiger partial charge is 0.493 e. The third-order valence-electron chi connectivity index (χ3n) is 4.31. The average Bonchev–Trinajstić information content (AvgIpc) is 2.96. The van der Waals surface area contributed by atoms with E-state index in [0.29, 0.717) is 17.0 Å². The van der Waals surface area contributed by atoms with E-state index < -0.39 is 11.8 Å². The summed E-state index contributed by atoms with van der Waals surface area (Å²) in [5.74, 6) is -0.186. The van der Waals surface area contributed by atoms with Gasteiger partial charge in [-0.25, -0.2) is 4.79 Å². The predicted molar refractivity (Wildman–Crippen MR) is 102 cm³/mol. The zero-order valence-corrected chi connectivity index (χ0v) is 15.7. The van der Waals surface area contributed by atoms with E-state index in [4.69, 9.17) is 9.47 Å². The molecule has 0 bridgehead atoms. The van der Waals surface area contributed by atoms with E-state index in [1.807, 2.05) is 6.07 Å². The van der Waals surface area contributed by atoms with Gasteiger partial charge in [-0.1, -0.05) is 12.1 Å². The third kappa shape index (κ3) is 3.54. The standard InChI is InChI=1S/C19H20N4O5/c1-22-13-6-4-5-7-14(13)23(19(22)26)11-17(24)20-21-18(25)12-8-9-15(27-2)16(10-12)28-3/h4-10H,11H2,1-3H3,(H,20,24)(H,21,25). The topological polar surface area (TPSA) is 104 Å². The van der Waals surface area contributed by atoms with Crippen molar-refractivity contribution in [2.75, 3.05) is 14.2 Å². The Hall–Kier alpha value is -3.75. The summed E-state index contributed by atoms with van der Waals surface area (Å²) in [5.41, 5.74) is 5.96. The maximum absolute atomic E-state index is 12.3. The van der Waals surface area contributed by atoms with Crippen molar-refractivity contribution < 1.29 is 19.1 Å². The number of amides is 2. The SMILES string of the molecule is COc1ccc(C(=O)NNC(=O)Cn2c(=O)n(C)c3ccccc32)cc1OC. The lowest BCUT2D eigenvalue weighted by Crippen LogP contribution is -2.44. The molecular weight excluding hydrogens is 364 g/mol. The Morgan fingerprint density at radius 1 is 0.964 bits per heavy atom. The van der Waals surface area contributed by atoms with Crippen LogP contribution in [0.2, 0.25) is 0 Å². The molecule has 2 amide bonds. The maximum atomic E-state index is 12.3. The molecule has 0 aliphatic heterocycles. The molecule has 0 radical (unpaired) electrons. The van der Waals surface area contributed by atoms with Crippen molar-refractivity contribution in [3.8, 4) is 11.5 Å². The molecule has 28 heavy (non-hydrogen) atoms. The molecule has 2 aromatic carbocycles. The predicted octanol–water partition coefficient (Wildman–Crippen LogP) is 0.818. The van der Waals surface area contributed by atoms with E-state index in [0.717, 1.165) is 5.52 Å². The lowest BCUT2D eigenvalue weighted by Gasteiger charge is -2.11. The molecule has 0 spiro atoms. The Morgan fingerprint density at radius 3 is 2.32 bits per heavy atom. The number of methoxy groups -OCH3 is 2. The summed E-state index contributed by atoms with van der Waals surface area (Å²) in [4.78, 5) is 36.8. The van der Waals surface area contributed by atoms with Crippen molar-refractivity contribution >= 4 is 22.8 Å². The van der Waals surface area contributed by atoms with Gasteiger partial charge in [0.05, 0.1) is 25.3 Å². The highest BCUT2D eigenvalue weighted by atomic mass is 16.5. The van der Waals surface area contributed by atoms with Crippen LogP contribution in [0.25, 0.3) is 11.0 Å². The normalized spacial score (nSPS) is 10.5. The summed E-state index contributed by atoms with van der Waals surface area (Å²) in [6.07, 6.45) is 0. The van der Waals surface area contributed by atoms with Gasteiger partial charge < -0.3 is 9.47 Å². The number of nitrogens with one attached hydrogen (secondary N) is 2. The van der Waals surface area contributed by atoms with Crippen molar-refractivity contribution in [2.45, 2.75) is 6.54 Å². The van der Waals surface area contributed by atoms with Gasteiger partial charge in [-0.05, 0) is 30.3 Å². The second-order valence-corrected chi connectivity index (χ2v) is 5.99. The van der Waals surface area contributed by atoms with Crippen LogP contribution in [-0.2, 0) is 18.4 Å². The van der Waals surface area contributed by atoms with E-state index in [1.165, 1.54) is 35.5 Å². The van der Waals surface area contributed by atoms with Crippen LogP contribution in [0.5, 0.6) is 11.5 Å². The average molecular weight is 384 g/mol. The number of ether oxygens (including phenoxy) is 2. The van der Waals surface area contributed by atoms with Gasteiger partial charge in [-0.2, -0.15) is 0 Å². The second-order valence-electron chi connectivity index (χ2n) is 5.99. The van der Waals surface area contributed by atoms with Crippen LogP contribution in [0, 0.1) is 0 Å². The second kappa shape index (κ2) is 7.87. The number of hydrogen-bond acceptors (Lipinski definition) is 5. The molecular formula is C19H20N4O5. The van der Waals surface area contributed by atoms with Crippen LogP contribution in [0.3, 0.4) is 0 Å². The summed E-state index contributed by atoms with van der Waals surface area (Å²) in [5, 5.41) is 0. The molecule has 0 unspecified atom stereocenters. The first-order chi connectivity index (χ1) is 13.5. The van der Waals surface area contributed by atoms with Crippen molar-refractivity contribution in [1.29, 1.82) is 0 Å².